The fourth-order valence-electron chi connectivity index (χ4n) is 4.58. The van der Waals surface area contributed by atoms with Gasteiger partial charge in [-0.1, -0.05) is 60.7 Å². The molecule has 39 heavy (non-hydrogen) atoms. The Kier molecular flexibility index (Phi) is 6.66. The van der Waals surface area contributed by atoms with E-state index in [9.17, 15) is 4.79 Å². The second-order valence-electron chi connectivity index (χ2n) is 9.09. The van der Waals surface area contributed by atoms with Crippen molar-refractivity contribution in [3.05, 3.63) is 125 Å². The van der Waals surface area contributed by atoms with Gasteiger partial charge in [-0.25, -0.2) is 9.97 Å². The molecule has 0 aliphatic heterocycles. The Labute approximate surface area is 225 Å². The SMILES string of the molecule is CCOc1ccc(-c2nc3ccccc3c(=O)n2C/C=C/c2ccc(-c3cnc4ccccc4n3)cc2)cc1. The lowest BCUT2D eigenvalue weighted by molar-refractivity contribution is 0.340. The lowest BCUT2D eigenvalue weighted by atomic mass is 10.1. The van der Waals surface area contributed by atoms with Gasteiger partial charge in [0.05, 0.1) is 40.4 Å². The lowest BCUT2D eigenvalue weighted by Gasteiger charge is -2.13. The van der Waals surface area contributed by atoms with Crippen LogP contribution >= 0.6 is 0 Å². The minimum atomic E-state index is -0.0700. The third-order valence-corrected chi connectivity index (χ3v) is 6.54. The Balaban J connectivity index is 1.28. The monoisotopic (exact) mass is 510 g/mol. The first-order chi connectivity index (χ1) is 19.2. The van der Waals surface area contributed by atoms with E-state index in [0.29, 0.717) is 29.9 Å². The van der Waals surface area contributed by atoms with E-state index in [1.54, 1.807) is 10.8 Å². The van der Waals surface area contributed by atoms with Crippen molar-refractivity contribution in [3.8, 4) is 28.4 Å². The maximum Gasteiger partial charge on any atom is 0.261 e. The average Bonchev–Trinajstić information content (AvgIpc) is 2.99. The molecule has 0 atom stereocenters. The van der Waals surface area contributed by atoms with E-state index in [4.69, 9.17) is 14.7 Å². The van der Waals surface area contributed by atoms with Crippen molar-refractivity contribution in [1.82, 2.24) is 19.5 Å². The minimum Gasteiger partial charge on any atom is -0.494 e. The third kappa shape index (κ3) is 5.05. The second-order valence-corrected chi connectivity index (χ2v) is 9.09. The first-order valence-corrected chi connectivity index (χ1v) is 12.9. The number of aromatic nitrogens is 4. The standard InChI is InChI=1S/C33H26N4O2/c1-2-39-26-19-17-25(18-20-26)32-36-28-10-4-3-9-27(28)33(38)37(32)21-7-8-23-13-15-24(16-14-23)31-22-34-29-11-5-6-12-30(29)35-31/h3-20,22H,2,21H2,1H3/b8-7+. The van der Waals surface area contributed by atoms with Crippen molar-refractivity contribution in [2.45, 2.75) is 13.5 Å². The maximum atomic E-state index is 13.5. The van der Waals surface area contributed by atoms with Gasteiger partial charge in [0.2, 0.25) is 0 Å². The molecule has 6 nitrogen and oxygen atoms in total. The zero-order valence-electron chi connectivity index (χ0n) is 21.5. The first-order valence-electron chi connectivity index (χ1n) is 12.9. The molecule has 0 saturated carbocycles. The molecule has 6 rings (SSSR count). The Morgan fingerprint density at radius 2 is 1.46 bits per heavy atom. The predicted octanol–water partition coefficient (Wildman–Crippen LogP) is 6.79. The summed E-state index contributed by atoms with van der Waals surface area (Å²) in [4.78, 5) is 27.6. The van der Waals surface area contributed by atoms with Crippen LogP contribution in [-0.2, 0) is 6.54 Å². The van der Waals surface area contributed by atoms with E-state index in [0.717, 1.165) is 39.2 Å². The van der Waals surface area contributed by atoms with Crippen molar-refractivity contribution in [2.75, 3.05) is 6.61 Å². The van der Waals surface area contributed by atoms with Crippen LogP contribution in [0.3, 0.4) is 0 Å². The van der Waals surface area contributed by atoms with Gasteiger partial charge >= 0.3 is 0 Å². The Bertz CT molecular complexity index is 1860. The largest absolute Gasteiger partial charge is 0.494 e. The molecule has 0 spiro atoms. The van der Waals surface area contributed by atoms with E-state index in [2.05, 4.69) is 4.98 Å². The quantitative estimate of drug-likeness (QED) is 0.237. The van der Waals surface area contributed by atoms with E-state index < -0.39 is 0 Å². The Hall–Kier alpha value is -5.10. The van der Waals surface area contributed by atoms with Crippen LogP contribution in [0, 0.1) is 0 Å². The molecular weight excluding hydrogens is 484 g/mol. The molecule has 6 aromatic rings. The van der Waals surface area contributed by atoms with E-state index in [1.807, 2.05) is 116 Å². The van der Waals surface area contributed by atoms with Crippen molar-refractivity contribution in [1.29, 1.82) is 0 Å². The summed E-state index contributed by atoms with van der Waals surface area (Å²) in [5, 5.41) is 0.599. The van der Waals surface area contributed by atoms with E-state index >= 15 is 0 Å². The van der Waals surface area contributed by atoms with Crippen molar-refractivity contribution in [3.63, 3.8) is 0 Å². The van der Waals surface area contributed by atoms with Crippen molar-refractivity contribution in [2.24, 2.45) is 0 Å². The van der Waals surface area contributed by atoms with Crippen molar-refractivity contribution >= 4 is 28.0 Å². The number of hydrogen-bond donors (Lipinski definition) is 0. The van der Waals surface area contributed by atoms with Gasteiger partial charge in [0, 0.05) is 17.7 Å². The molecule has 6 heteroatoms. The van der Waals surface area contributed by atoms with Crippen LogP contribution in [0.1, 0.15) is 12.5 Å². The predicted molar refractivity (Wildman–Crippen MR) is 157 cm³/mol. The van der Waals surface area contributed by atoms with Crippen molar-refractivity contribution < 1.29 is 4.74 Å². The zero-order chi connectivity index (χ0) is 26.6. The molecule has 0 unspecified atom stereocenters. The summed E-state index contributed by atoms with van der Waals surface area (Å²) in [6.07, 6.45) is 5.80. The normalized spacial score (nSPS) is 11.4. The molecule has 0 fully saturated rings. The maximum absolute atomic E-state index is 13.5. The number of allylic oxidation sites excluding steroid dienone is 1. The smallest absolute Gasteiger partial charge is 0.261 e. The van der Waals surface area contributed by atoms with Gasteiger partial charge in [-0.15, -0.1) is 0 Å². The highest BCUT2D eigenvalue weighted by Crippen LogP contribution is 2.23. The van der Waals surface area contributed by atoms with Crippen LogP contribution in [0.5, 0.6) is 5.75 Å². The Morgan fingerprint density at radius 3 is 2.23 bits per heavy atom. The summed E-state index contributed by atoms with van der Waals surface area (Å²) in [6, 6.07) is 31.1. The zero-order valence-corrected chi connectivity index (χ0v) is 21.5. The number of nitrogens with zero attached hydrogens (tertiary/aromatic N) is 4. The highest BCUT2D eigenvalue weighted by molar-refractivity contribution is 5.80. The minimum absolute atomic E-state index is 0.0700. The summed E-state index contributed by atoms with van der Waals surface area (Å²) in [5.41, 5.74) is 6.07. The molecule has 2 heterocycles. The fourth-order valence-corrected chi connectivity index (χ4v) is 4.58. The summed E-state index contributed by atoms with van der Waals surface area (Å²) in [7, 11) is 0. The van der Waals surface area contributed by atoms with Gasteiger partial charge in [0.15, 0.2) is 0 Å². The number of para-hydroxylation sites is 3. The molecule has 0 aliphatic carbocycles. The fraction of sp³-hybridized carbons (Fsp3) is 0.0909. The van der Waals surface area contributed by atoms with Crippen LogP contribution in [-0.4, -0.2) is 26.1 Å². The van der Waals surface area contributed by atoms with Gasteiger partial charge in [-0.3, -0.25) is 14.3 Å². The summed E-state index contributed by atoms with van der Waals surface area (Å²) >= 11 is 0. The lowest BCUT2D eigenvalue weighted by Crippen LogP contribution is -2.23. The van der Waals surface area contributed by atoms with E-state index in [1.165, 1.54) is 0 Å². The first kappa shape index (κ1) is 24.2. The topological polar surface area (TPSA) is 69.9 Å². The molecule has 4 aromatic carbocycles. The number of hydrogen-bond acceptors (Lipinski definition) is 5. The number of fused-ring (bicyclic) bond motifs is 2. The highest BCUT2D eigenvalue weighted by Gasteiger charge is 2.12. The van der Waals surface area contributed by atoms with Crippen LogP contribution in [0.15, 0.2) is 114 Å². The molecule has 0 amide bonds. The summed E-state index contributed by atoms with van der Waals surface area (Å²) < 4.78 is 7.30. The molecule has 2 aromatic heterocycles. The highest BCUT2D eigenvalue weighted by atomic mass is 16.5. The molecule has 0 radical (unpaired) electrons. The van der Waals surface area contributed by atoms with Gasteiger partial charge < -0.3 is 4.74 Å². The van der Waals surface area contributed by atoms with Gasteiger partial charge in [0.1, 0.15) is 11.6 Å². The number of benzene rings is 4. The van der Waals surface area contributed by atoms with Crippen LogP contribution in [0.25, 0.3) is 50.7 Å². The number of rotatable bonds is 7. The third-order valence-electron chi connectivity index (χ3n) is 6.54. The molecule has 0 aliphatic rings. The van der Waals surface area contributed by atoms with Crippen LogP contribution in [0.4, 0.5) is 0 Å². The van der Waals surface area contributed by atoms with Crippen LogP contribution < -0.4 is 10.3 Å². The summed E-state index contributed by atoms with van der Waals surface area (Å²) in [6.45, 7) is 2.94. The molecule has 190 valence electrons. The van der Waals surface area contributed by atoms with Gasteiger partial charge in [-0.05, 0) is 61.0 Å². The van der Waals surface area contributed by atoms with Gasteiger partial charge in [0.25, 0.3) is 5.56 Å². The Morgan fingerprint density at radius 1 is 0.769 bits per heavy atom. The van der Waals surface area contributed by atoms with E-state index in [-0.39, 0.29) is 5.56 Å². The van der Waals surface area contributed by atoms with Crippen LogP contribution in [0.2, 0.25) is 0 Å². The molecule has 0 saturated heterocycles. The molecule has 0 bridgehead atoms. The number of ether oxygens (including phenoxy) is 1. The second kappa shape index (κ2) is 10.7. The molecular formula is C33H26N4O2. The van der Waals surface area contributed by atoms with Gasteiger partial charge in [-0.2, -0.15) is 0 Å². The molecule has 0 N–H and O–H groups in total. The average molecular weight is 511 g/mol. The summed E-state index contributed by atoms with van der Waals surface area (Å²) in [5.74, 6) is 1.41.